The summed E-state index contributed by atoms with van der Waals surface area (Å²) in [4.78, 5) is 41.0. The Morgan fingerprint density at radius 1 is 0.833 bits per heavy atom. The number of hydrogen-bond donors (Lipinski definition) is 9. The Bertz CT molecular complexity index is 847. The van der Waals surface area contributed by atoms with Gasteiger partial charge in [0.1, 0.15) is 35.6 Å². The van der Waals surface area contributed by atoms with E-state index in [1.165, 1.54) is 0 Å². The maximum atomic E-state index is 10.9. The van der Waals surface area contributed by atoms with E-state index in [2.05, 4.69) is 19.7 Å². The van der Waals surface area contributed by atoms with Crippen molar-refractivity contribution in [1.82, 2.24) is 19.9 Å². The van der Waals surface area contributed by atoms with Crippen molar-refractivity contribution in [1.29, 1.82) is 0 Å². The first-order valence-electron chi connectivity index (χ1n) is 6.67. The number of imidazole rings is 1. The molecule has 1 aliphatic heterocycles. The fourth-order valence-electron chi connectivity index (χ4n) is 2.04. The molecule has 0 bridgehead atoms. The number of hydrogen-bond acceptors (Lipinski definition) is 9. The molecule has 13 nitrogen and oxygen atoms in total. The first-order valence-corrected chi connectivity index (χ1v) is 6.67. The summed E-state index contributed by atoms with van der Waals surface area (Å²) in [6, 6.07) is 0. The molecule has 24 heavy (non-hydrogen) atoms. The topological polar surface area (TPSA) is 225 Å². The number of aromatic nitrogens is 4. The molecule has 1 saturated heterocycles. The van der Waals surface area contributed by atoms with Crippen LogP contribution in [0.15, 0.2) is 14.4 Å². The van der Waals surface area contributed by atoms with Crippen molar-refractivity contribution >= 4 is 11.2 Å². The van der Waals surface area contributed by atoms with Crippen molar-refractivity contribution in [3.63, 3.8) is 0 Å². The molecule has 5 atom stereocenters. The summed E-state index contributed by atoms with van der Waals surface area (Å²) in [7, 11) is 0. The zero-order chi connectivity index (χ0) is 18.0. The van der Waals surface area contributed by atoms with Gasteiger partial charge in [0, 0.05) is 0 Å². The average Bonchev–Trinajstić information content (AvgIpc) is 2.90. The normalized spacial score (nSPS) is 30.0. The summed E-state index contributed by atoms with van der Waals surface area (Å²) >= 11 is 0. The van der Waals surface area contributed by atoms with Crippen molar-refractivity contribution in [2.75, 3.05) is 6.61 Å². The van der Waals surface area contributed by atoms with Crippen LogP contribution in [-0.4, -0.2) is 82.8 Å². The molecule has 3 rings (SSSR count). The van der Waals surface area contributed by atoms with Gasteiger partial charge in [-0.2, -0.15) is 0 Å². The summed E-state index contributed by atoms with van der Waals surface area (Å²) in [5, 5.41) is 44.7. The largest absolute Gasteiger partial charge is 0.394 e. The molecule has 3 heterocycles. The van der Waals surface area contributed by atoms with Crippen LogP contribution in [-0.2, 0) is 4.74 Å². The minimum atomic E-state index is -1.57. The molecule has 0 radical (unpaired) electrons. The second kappa shape index (κ2) is 7.08. The highest BCUT2D eigenvalue weighted by Gasteiger charge is 2.42. The highest BCUT2D eigenvalue weighted by molar-refractivity contribution is 5.67. The van der Waals surface area contributed by atoms with E-state index in [1.54, 1.807) is 0 Å². The van der Waals surface area contributed by atoms with Crippen molar-refractivity contribution in [3.8, 4) is 0 Å². The molecule has 0 aliphatic carbocycles. The number of H-pyrrole nitrogens is 4. The van der Waals surface area contributed by atoms with Gasteiger partial charge in [0.05, 0.1) is 6.61 Å². The van der Waals surface area contributed by atoms with Crippen LogP contribution in [0, 0.1) is 0 Å². The molecule has 0 amide bonds. The number of nitrogens with one attached hydrogen (secondary N) is 4. The molecule has 1 fully saturated rings. The van der Waals surface area contributed by atoms with Gasteiger partial charge in [0.2, 0.25) is 0 Å². The lowest BCUT2D eigenvalue weighted by atomic mass is 10.00. The minimum absolute atomic E-state index is 0.0413. The quantitative estimate of drug-likeness (QED) is 0.240. The molecule has 9 N–H and O–H groups in total. The molecule has 1 unspecified atom stereocenters. The Hall–Kier alpha value is -2.29. The average molecular weight is 348 g/mol. The molecule has 134 valence electrons. The van der Waals surface area contributed by atoms with E-state index in [1.807, 2.05) is 4.98 Å². The molecule has 0 saturated carbocycles. The van der Waals surface area contributed by atoms with Crippen LogP contribution >= 0.6 is 0 Å². The summed E-state index contributed by atoms with van der Waals surface area (Å²) in [6.07, 6.45) is -7.04. The molecule has 2 aromatic rings. The second-order valence-electron chi connectivity index (χ2n) is 4.96. The van der Waals surface area contributed by atoms with Crippen molar-refractivity contribution in [3.05, 3.63) is 31.3 Å². The van der Waals surface area contributed by atoms with Crippen LogP contribution in [0.4, 0.5) is 0 Å². The Morgan fingerprint density at radius 2 is 1.42 bits per heavy atom. The van der Waals surface area contributed by atoms with Crippen LogP contribution in [0.5, 0.6) is 0 Å². The zero-order valence-corrected chi connectivity index (χ0v) is 12.0. The van der Waals surface area contributed by atoms with Gasteiger partial charge in [0.25, 0.3) is 5.56 Å². The summed E-state index contributed by atoms with van der Waals surface area (Å²) in [5.74, 6) is 0. The number of aromatic amines is 4. The van der Waals surface area contributed by atoms with E-state index in [9.17, 15) is 14.4 Å². The van der Waals surface area contributed by atoms with Crippen LogP contribution in [0.25, 0.3) is 11.2 Å². The van der Waals surface area contributed by atoms with E-state index in [4.69, 9.17) is 25.5 Å². The Balaban J connectivity index is 0.000000174. The van der Waals surface area contributed by atoms with Gasteiger partial charge in [-0.25, -0.2) is 9.59 Å². The summed E-state index contributed by atoms with van der Waals surface area (Å²) < 4.78 is 4.58. The predicted octanol–water partition coefficient (Wildman–Crippen LogP) is -4.99. The third kappa shape index (κ3) is 3.61. The van der Waals surface area contributed by atoms with E-state index in [-0.39, 0.29) is 11.2 Å². The molecular formula is C11H16N4O9. The van der Waals surface area contributed by atoms with Gasteiger partial charge in [-0.3, -0.25) is 24.7 Å². The van der Waals surface area contributed by atoms with Gasteiger partial charge < -0.3 is 30.3 Å². The monoisotopic (exact) mass is 348 g/mol. The van der Waals surface area contributed by atoms with Gasteiger partial charge >= 0.3 is 11.4 Å². The van der Waals surface area contributed by atoms with Crippen LogP contribution < -0.4 is 16.9 Å². The fourth-order valence-corrected chi connectivity index (χ4v) is 2.04. The van der Waals surface area contributed by atoms with Crippen molar-refractivity contribution in [2.45, 2.75) is 30.7 Å². The number of ether oxygens (including phenoxy) is 1. The number of rotatable bonds is 1. The van der Waals surface area contributed by atoms with Crippen molar-refractivity contribution < 1.29 is 30.3 Å². The summed E-state index contributed by atoms with van der Waals surface area (Å²) in [6.45, 7) is -0.526. The molecule has 13 heteroatoms. The smallest absolute Gasteiger partial charge is 0.327 e. The lowest BCUT2D eigenvalue weighted by Crippen LogP contribution is -2.58. The molecule has 0 aromatic carbocycles. The van der Waals surface area contributed by atoms with Crippen molar-refractivity contribution in [2.24, 2.45) is 0 Å². The van der Waals surface area contributed by atoms with Gasteiger partial charge in [-0.1, -0.05) is 0 Å². The third-order valence-electron chi connectivity index (χ3n) is 3.29. The maximum Gasteiger partial charge on any atom is 0.327 e. The van der Waals surface area contributed by atoms with E-state index >= 15 is 0 Å². The minimum Gasteiger partial charge on any atom is -0.394 e. The molecular weight excluding hydrogens is 332 g/mol. The third-order valence-corrected chi connectivity index (χ3v) is 3.29. The van der Waals surface area contributed by atoms with Gasteiger partial charge in [0.15, 0.2) is 6.29 Å². The van der Waals surface area contributed by atoms with Gasteiger partial charge in [-0.15, -0.1) is 0 Å². The van der Waals surface area contributed by atoms with E-state index < -0.39 is 54.3 Å². The highest BCUT2D eigenvalue weighted by atomic mass is 16.6. The molecule has 2 aromatic heterocycles. The number of aliphatic hydroxyl groups is 5. The molecule has 0 spiro atoms. The SMILES string of the molecule is O=c1[nH]c(=O)c2[nH]c(=O)[nH]c2[nH]1.OC[C@H]1OC(O)[C@H](O)[C@@H](O)[C@@H]1O. The van der Waals surface area contributed by atoms with Crippen LogP contribution in [0.3, 0.4) is 0 Å². The first-order chi connectivity index (χ1) is 11.2. The summed E-state index contributed by atoms with van der Waals surface area (Å²) in [5.41, 5.74) is -1.65. The molecule has 1 aliphatic rings. The van der Waals surface area contributed by atoms with E-state index in [0.717, 1.165) is 0 Å². The Morgan fingerprint density at radius 3 is 2.00 bits per heavy atom. The predicted molar refractivity (Wildman–Crippen MR) is 76.1 cm³/mol. The van der Waals surface area contributed by atoms with E-state index in [0.29, 0.717) is 0 Å². The number of fused-ring (bicyclic) bond motifs is 1. The standard InChI is InChI=1S/C6H12O6.C5H4N4O3/c7-1-2-3(8)4(9)5(10)6(11)12-2;10-3-1-2(7-4(11)6-1)8-5(12)9-3/h2-11H,1H2;(H4,6,7,8,9,10,11,12)/t2-,3-,4+,5-,6?;/m1./s1. The first kappa shape index (κ1) is 18.1. The Kier molecular flexibility index (Phi) is 5.33. The lowest BCUT2D eigenvalue weighted by molar-refractivity contribution is -0.286. The fraction of sp³-hybridized carbons (Fsp3) is 0.545. The maximum absolute atomic E-state index is 10.9. The Labute approximate surface area is 131 Å². The van der Waals surface area contributed by atoms with Gasteiger partial charge in [-0.05, 0) is 0 Å². The number of aliphatic hydroxyl groups excluding tert-OH is 5. The van der Waals surface area contributed by atoms with Crippen LogP contribution in [0.1, 0.15) is 0 Å². The highest BCUT2D eigenvalue weighted by Crippen LogP contribution is 2.18. The van der Waals surface area contributed by atoms with Crippen LogP contribution in [0.2, 0.25) is 0 Å². The lowest BCUT2D eigenvalue weighted by Gasteiger charge is -2.37. The second-order valence-corrected chi connectivity index (χ2v) is 4.96. The zero-order valence-electron chi connectivity index (χ0n) is 12.0.